The van der Waals surface area contributed by atoms with Crippen LogP contribution in [0, 0.1) is 5.92 Å². The minimum Gasteiger partial charge on any atom is -0.478 e. The molecule has 1 aromatic carbocycles. The van der Waals surface area contributed by atoms with Gasteiger partial charge in [0.1, 0.15) is 0 Å². The second-order valence-electron chi connectivity index (χ2n) is 4.27. The first kappa shape index (κ1) is 11.9. The third kappa shape index (κ3) is 2.26. The molecule has 0 aliphatic carbocycles. The number of hydrogen-bond donors (Lipinski definition) is 1. The highest BCUT2D eigenvalue weighted by molar-refractivity contribution is 7.93. The SMILES string of the molecule is CC1CN(c2cccc(C(=O)O)c2)S(=O)(=O)C1. The molecule has 0 bridgehead atoms. The smallest absolute Gasteiger partial charge is 0.335 e. The fourth-order valence-corrected chi connectivity index (χ4v) is 3.88. The maximum atomic E-state index is 11.8. The van der Waals surface area contributed by atoms with E-state index < -0.39 is 16.0 Å². The molecular formula is C11H13NO4S. The average molecular weight is 255 g/mol. The molecule has 2 rings (SSSR count). The fraction of sp³-hybridized carbons (Fsp3) is 0.364. The van der Waals surface area contributed by atoms with E-state index in [1.165, 1.54) is 16.4 Å². The second-order valence-corrected chi connectivity index (χ2v) is 6.21. The van der Waals surface area contributed by atoms with Crippen LogP contribution in [0.15, 0.2) is 24.3 Å². The van der Waals surface area contributed by atoms with Crippen LogP contribution in [0.3, 0.4) is 0 Å². The largest absolute Gasteiger partial charge is 0.478 e. The van der Waals surface area contributed by atoms with E-state index in [-0.39, 0.29) is 17.2 Å². The molecule has 1 N–H and O–H groups in total. The van der Waals surface area contributed by atoms with Crippen LogP contribution < -0.4 is 4.31 Å². The Balaban J connectivity index is 2.41. The second kappa shape index (κ2) is 4.03. The number of carbonyl (C=O) groups is 1. The van der Waals surface area contributed by atoms with Crippen molar-refractivity contribution in [2.24, 2.45) is 5.92 Å². The molecule has 1 unspecified atom stereocenters. The van der Waals surface area contributed by atoms with Gasteiger partial charge in [0, 0.05) is 6.54 Å². The normalized spacial score (nSPS) is 22.6. The molecule has 0 aromatic heterocycles. The van der Waals surface area contributed by atoms with Crippen molar-refractivity contribution in [3.63, 3.8) is 0 Å². The summed E-state index contributed by atoms with van der Waals surface area (Å²) >= 11 is 0. The van der Waals surface area contributed by atoms with Crippen molar-refractivity contribution in [1.29, 1.82) is 0 Å². The lowest BCUT2D eigenvalue weighted by molar-refractivity contribution is 0.0697. The third-order valence-corrected chi connectivity index (χ3v) is 4.71. The van der Waals surface area contributed by atoms with Gasteiger partial charge in [-0.1, -0.05) is 13.0 Å². The maximum absolute atomic E-state index is 11.8. The van der Waals surface area contributed by atoms with Crippen LogP contribution >= 0.6 is 0 Å². The zero-order valence-corrected chi connectivity index (χ0v) is 10.1. The van der Waals surface area contributed by atoms with Gasteiger partial charge in [-0.05, 0) is 24.1 Å². The van der Waals surface area contributed by atoms with Gasteiger partial charge in [0.25, 0.3) is 0 Å². The standard InChI is InChI=1S/C11H13NO4S/c1-8-6-12(17(15,16)7-8)10-4-2-3-9(5-10)11(13)14/h2-5,8H,6-7H2,1H3,(H,13,14). The van der Waals surface area contributed by atoms with Crippen LogP contribution in [0.4, 0.5) is 5.69 Å². The van der Waals surface area contributed by atoms with Gasteiger partial charge < -0.3 is 5.11 Å². The minimum atomic E-state index is -3.29. The van der Waals surface area contributed by atoms with Crippen LogP contribution in [-0.4, -0.2) is 31.8 Å². The number of nitrogens with zero attached hydrogens (tertiary/aromatic N) is 1. The Morgan fingerprint density at radius 3 is 2.71 bits per heavy atom. The summed E-state index contributed by atoms with van der Waals surface area (Å²) in [5, 5.41) is 8.87. The Hall–Kier alpha value is -1.56. The predicted octanol–water partition coefficient (Wildman–Crippen LogP) is 1.17. The Bertz CT molecular complexity index is 552. The van der Waals surface area contributed by atoms with Gasteiger partial charge in [0.05, 0.1) is 17.0 Å². The molecule has 0 spiro atoms. The lowest BCUT2D eigenvalue weighted by atomic mass is 10.2. The molecule has 1 saturated heterocycles. The molecule has 1 heterocycles. The summed E-state index contributed by atoms with van der Waals surface area (Å²) in [6.45, 7) is 2.27. The first-order valence-corrected chi connectivity index (χ1v) is 6.85. The highest BCUT2D eigenvalue weighted by Gasteiger charge is 2.33. The number of carboxylic acids is 1. The highest BCUT2D eigenvalue weighted by Crippen LogP contribution is 2.27. The quantitative estimate of drug-likeness (QED) is 0.860. The number of benzene rings is 1. The lowest BCUT2D eigenvalue weighted by Crippen LogP contribution is -2.25. The summed E-state index contributed by atoms with van der Waals surface area (Å²) in [6.07, 6.45) is 0. The number of aromatic carboxylic acids is 1. The third-order valence-electron chi connectivity index (χ3n) is 2.69. The number of carboxylic acid groups (broad SMARTS) is 1. The van der Waals surface area contributed by atoms with Crippen molar-refractivity contribution in [3.05, 3.63) is 29.8 Å². The van der Waals surface area contributed by atoms with E-state index in [0.29, 0.717) is 12.2 Å². The van der Waals surface area contributed by atoms with Gasteiger partial charge in [0.2, 0.25) is 10.0 Å². The molecule has 6 heteroatoms. The van der Waals surface area contributed by atoms with Crippen molar-refractivity contribution in [3.8, 4) is 0 Å². The maximum Gasteiger partial charge on any atom is 0.335 e. The Labute approximate surface area is 99.7 Å². The summed E-state index contributed by atoms with van der Waals surface area (Å²) in [4.78, 5) is 10.8. The van der Waals surface area contributed by atoms with Crippen LogP contribution in [0.1, 0.15) is 17.3 Å². The first-order valence-electron chi connectivity index (χ1n) is 5.24. The molecule has 1 atom stereocenters. The molecule has 0 amide bonds. The van der Waals surface area contributed by atoms with E-state index in [1.54, 1.807) is 12.1 Å². The van der Waals surface area contributed by atoms with Crippen LogP contribution in [0.2, 0.25) is 0 Å². The van der Waals surface area contributed by atoms with Crippen molar-refractivity contribution >= 4 is 21.7 Å². The van der Waals surface area contributed by atoms with E-state index in [4.69, 9.17) is 5.11 Å². The molecule has 92 valence electrons. The van der Waals surface area contributed by atoms with Crippen LogP contribution in [0.5, 0.6) is 0 Å². The number of rotatable bonds is 2. The fourth-order valence-electron chi connectivity index (χ4n) is 1.96. The van der Waals surface area contributed by atoms with Crippen molar-refractivity contribution in [2.75, 3.05) is 16.6 Å². The zero-order chi connectivity index (χ0) is 12.6. The van der Waals surface area contributed by atoms with Crippen LogP contribution in [0.25, 0.3) is 0 Å². The summed E-state index contributed by atoms with van der Waals surface area (Å²) in [5.41, 5.74) is 0.520. The van der Waals surface area contributed by atoms with E-state index in [1.807, 2.05) is 6.92 Å². The molecule has 5 nitrogen and oxygen atoms in total. The number of hydrogen-bond acceptors (Lipinski definition) is 3. The van der Waals surface area contributed by atoms with Gasteiger partial charge in [-0.2, -0.15) is 0 Å². The summed E-state index contributed by atoms with van der Waals surface area (Å²) in [5.74, 6) is -0.880. The molecule has 1 aromatic rings. The highest BCUT2D eigenvalue weighted by atomic mass is 32.2. The van der Waals surface area contributed by atoms with Gasteiger partial charge in [-0.3, -0.25) is 4.31 Å². The Morgan fingerprint density at radius 1 is 1.47 bits per heavy atom. The molecule has 0 saturated carbocycles. The molecule has 1 fully saturated rings. The van der Waals surface area contributed by atoms with Crippen molar-refractivity contribution in [2.45, 2.75) is 6.92 Å². The van der Waals surface area contributed by atoms with Gasteiger partial charge in [-0.25, -0.2) is 13.2 Å². The van der Waals surface area contributed by atoms with Gasteiger partial charge in [0.15, 0.2) is 0 Å². The molecule has 17 heavy (non-hydrogen) atoms. The molecular weight excluding hydrogens is 242 g/mol. The van der Waals surface area contributed by atoms with Crippen molar-refractivity contribution < 1.29 is 18.3 Å². The van der Waals surface area contributed by atoms with Crippen LogP contribution in [-0.2, 0) is 10.0 Å². The average Bonchev–Trinajstić information content (AvgIpc) is 2.52. The zero-order valence-electron chi connectivity index (χ0n) is 9.33. The Morgan fingerprint density at radius 2 is 2.18 bits per heavy atom. The van der Waals surface area contributed by atoms with E-state index in [2.05, 4.69) is 0 Å². The van der Waals surface area contributed by atoms with Gasteiger partial charge in [-0.15, -0.1) is 0 Å². The predicted molar refractivity (Wildman–Crippen MR) is 63.7 cm³/mol. The molecule has 0 radical (unpaired) electrons. The van der Waals surface area contributed by atoms with E-state index in [0.717, 1.165) is 0 Å². The monoisotopic (exact) mass is 255 g/mol. The summed E-state index contributed by atoms with van der Waals surface area (Å²) < 4.78 is 24.9. The van der Waals surface area contributed by atoms with E-state index >= 15 is 0 Å². The first-order chi connectivity index (χ1) is 7.90. The minimum absolute atomic E-state index is 0.0634. The van der Waals surface area contributed by atoms with Crippen molar-refractivity contribution in [1.82, 2.24) is 0 Å². The topological polar surface area (TPSA) is 74.7 Å². The number of anilines is 1. The number of sulfonamides is 1. The Kier molecular flexibility index (Phi) is 2.82. The molecule has 1 aliphatic heterocycles. The van der Waals surface area contributed by atoms with E-state index in [9.17, 15) is 13.2 Å². The summed E-state index contributed by atoms with van der Waals surface area (Å²) in [7, 11) is -3.29. The lowest BCUT2D eigenvalue weighted by Gasteiger charge is -2.17. The summed E-state index contributed by atoms with van der Waals surface area (Å²) in [6, 6.07) is 6.00. The van der Waals surface area contributed by atoms with Gasteiger partial charge >= 0.3 is 5.97 Å². The molecule has 1 aliphatic rings.